The minimum atomic E-state index is -5.08. The van der Waals surface area contributed by atoms with Crippen LogP contribution in [0.2, 0.25) is 0 Å². The Morgan fingerprint density at radius 3 is 2.28 bits per heavy atom. The second-order valence-corrected chi connectivity index (χ2v) is 6.99. The van der Waals surface area contributed by atoms with Crippen LogP contribution in [0.25, 0.3) is 0 Å². The third kappa shape index (κ3) is 6.21. The van der Waals surface area contributed by atoms with Crippen LogP contribution in [0.4, 0.5) is 32.2 Å². The van der Waals surface area contributed by atoms with Gasteiger partial charge in [0.05, 0.1) is 6.04 Å². The zero-order valence-electron chi connectivity index (χ0n) is 15.1. The third-order valence-corrected chi connectivity index (χ3v) is 4.52. The average Bonchev–Trinajstić information content (AvgIpc) is 3.05. The highest BCUT2D eigenvalue weighted by molar-refractivity contribution is 5.95. The van der Waals surface area contributed by atoms with E-state index in [1.54, 1.807) is 6.92 Å². The summed E-state index contributed by atoms with van der Waals surface area (Å²) >= 11 is 0. The minimum Gasteiger partial charge on any atom is -0.475 e. The molecule has 0 bridgehead atoms. The molecular formula is C16H17F6N3O4. The maximum absolute atomic E-state index is 12.2. The third-order valence-electron chi connectivity index (χ3n) is 4.52. The monoisotopic (exact) mass is 429 g/mol. The largest absolute Gasteiger partial charge is 0.574 e. The second kappa shape index (κ2) is 7.69. The summed E-state index contributed by atoms with van der Waals surface area (Å²) in [6, 6.07) is 2.56. The topological polar surface area (TPSA) is 101 Å². The summed E-state index contributed by atoms with van der Waals surface area (Å²) in [5, 5.41) is 12.9. The van der Waals surface area contributed by atoms with E-state index in [0.717, 1.165) is 18.9 Å². The van der Waals surface area contributed by atoms with Gasteiger partial charge in [0, 0.05) is 12.1 Å². The van der Waals surface area contributed by atoms with Crippen molar-refractivity contribution in [2.75, 3.05) is 5.32 Å². The van der Waals surface area contributed by atoms with E-state index in [-0.39, 0.29) is 23.2 Å². The summed E-state index contributed by atoms with van der Waals surface area (Å²) in [5.41, 5.74) is 0.739. The summed E-state index contributed by atoms with van der Waals surface area (Å²) in [7, 11) is 0. The van der Waals surface area contributed by atoms with Crippen LogP contribution in [-0.4, -0.2) is 46.6 Å². The second-order valence-electron chi connectivity index (χ2n) is 6.99. The maximum Gasteiger partial charge on any atom is 0.574 e. The molecule has 3 atom stereocenters. The number of carbonyl (C=O) groups is 2. The molecule has 162 valence electrons. The Bertz CT molecular complexity index is 798. The Kier molecular flexibility index (Phi) is 6.02. The Hall–Kier alpha value is -2.57. The Morgan fingerprint density at radius 1 is 1.24 bits per heavy atom. The van der Waals surface area contributed by atoms with Gasteiger partial charge < -0.3 is 20.5 Å². The van der Waals surface area contributed by atoms with Crippen LogP contribution in [0.5, 0.6) is 5.88 Å². The summed E-state index contributed by atoms with van der Waals surface area (Å²) in [4.78, 5) is 24.8. The predicted octanol–water partition coefficient (Wildman–Crippen LogP) is 3.00. The first-order valence-corrected chi connectivity index (χ1v) is 8.21. The van der Waals surface area contributed by atoms with Crippen LogP contribution < -0.4 is 15.4 Å². The van der Waals surface area contributed by atoms with Crippen LogP contribution in [-0.2, 0) is 9.59 Å². The van der Waals surface area contributed by atoms with Gasteiger partial charge in [-0.25, -0.2) is 4.79 Å². The van der Waals surface area contributed by atoms with Crippen molar-refractivity contribution in [3.05, 3.63) is 17.7 Å². The van der Waals surface area contributed by atoms with Gasteiger partial charge in [-0.3, -0.25) is 4.79 Å². The highest BCUT2D eigenvalue weighted by Gasteiger charge is 2.58. The number of fused-ring (bicyclic) bond motifs is 1. The number of carboxylic acids is 1. The molecule has 7 nitrogen and oxygen atoms in total. The Labute approximate surface area is 160 Å². The molecule has 1 saturated heterocycles. The van der Waals surface area contributed by atoms with E-state index in [0.29, 0.717) is 11.6 Å². The van der Waals surface area contributed by atoms with E-state index in [1.165, 1.54) is 6.07 Å². The number of carbonyl (C=O) groups excluding carboxylic acids is 1. The normalized spacial score (nSPS) is 25.4. The zero-order chi connectivity index (χ0) is 22.2. The van der Waals surface area contributed by atoms with E-state index >= 15 is 0 Å². The molecule has 1 saturated carbocycles. The van der Waals surface area contributed by atoms with E-state index in [4.69, 9.17) is 9.90 Å². The molecule has 1 aliphatic heterocycles. The average molecular weight is 429 g/mol. The van der Waals surface area contributed by atoms with E-state index in [9.17, 15) is 31.1 Å². The number of hydrogen-bond donors (Lipinski definition) is 3. The number of anilines is 1. The van der Waals surface area contributed by atoms with Crippen molar-refractivity contribution in [1.29, 1.82) is 0 Å². The number of alkyl halides is 6. The van der Waals surface area contributed by atoms with Crippen molar-refractivity contribution < 1.29 is 45.8 Å². The standard InChI is InChI=1S/C14H16F3N3O2.C2HF3O2/c1-7-3-4-10(22-14(15,16)17)19-11(7)20-12(21)8-5-13(2)6-9(13)18-8;3-2(4,5)1(6)7/h3-4,8-9,18H,5-6H2,1-2H3,(H,19,20,21);(H,6,7)/t8-,9+,13-;/m0./s1. The summed E-state index contributed by atoms with van der Waals surface area (Å²) < 4.78 is 72.1. The van der Waals surface area contributed by atoms with Gasteiger partial charge in [0.1, 0.15) is 5.82 Å². The molecule has 3 N–H and O–H groups in total. The molecule has 1 amide bonds. The number of pyridine rings is 1. The first-order valence-electron chi connectivity index (χ1n) is 8.21. The highest BCUT2D eigenvalue weighted by atomic mass is 19.4. The van der Waals surface area contributed by atoms with Gasteiger partial charge in [0.2, 0.25) is 11.8 Å². The van der Waals surface area contributed by atoms with Crippen LogP contribution in [0, 0.1) is 12.3 Å². The summed E-state index contributed by atoms with van der Waals surface area (Å²) in [5.74, 6) is -3.55. The van der Waals surface area contributed by atoms with Gasteiger partial charge in [-0.05, 0) is 30.7 Å². The number of amides is 1. The van der Waals surface area contributed by atoms with Gasteiger partial charge in [-0.2, -0.15) is 18.2 Å². The molecule has 3 rings (SSSR count). The van der Waals surface area contributed by atoms with Crippen molar-refractivity contribution in [2.45, 2.75) is 51.3 Å². The van der Waals surface area contributed by atoms with Crippen molar-refractivity contribution in [1.82, 2.24) is 10.3 Å². The van der Waals surface area contributed by atoms with Gasteiger partial charge in [-0.15, -0.1) is 13.2 Å². The Morgan fingerprint density at radius 2 is 1.83 bits per heavy atom. The van der Waals surface area contributed by atoms with Crippen LogP contribution in [0.3, 0.4) is 0 Å². The molecule has 0 radical (unpaired) electrons. The van der Waals surface area contributed by atoms with E-state index in [1.807, 2.05) is 0 Å². The molecule has 2 heterocycles. The molecule has 0 unspecified atom stereocenters. The molecule has 2 fully saturated rings. The first kappa shape index (κ1) is 22.7. The number of rotatable bonds is 3. The van der Waals surface area contributed by atoms with Gasteiger partial charge in [-0.1, -0.05) is 13.0 Å². The lowest BCUT2D eigenvalue weighted by atomic mass is 10.0. The van der Waals surface area contributed by atoms with Crippen LogP contribution in [0.15, 0.2) is 12.1 Å². The van der Waals surface area contributed by atoms with Gasteiger partial charge in [0.25, 0.3) is 0 Å². The fraction of sp³-hybridized carbons (Fsp3) is 0.562. The molecular weight excluding hydrogens is 412 g/mol. The lowest BCUT2D eigenvalue weighted by molar-refractivity contribution is -0.276. The molecule has 1 aromatic rings. The smallest absolute Gasteiger partial charge is 0.475 e. The highest BCUT2D eigenvalue weighted by Crippen LogP contribution is 2.53. The van der Waals surface area contributed by atoms with Gasteiger partial charge >= 0.3 is 18.5 Å². The number of nitrogens with one attached hydrogen (secondary N) is 2. The van der Waals surface area contributed by atoms with E-state index < -0.39 is 24.4 Å². The fourth-order valence-corrected chi connectivity index (χ4v) is 2.85. The number of ether oxygens (including phenoxy) is 1. The quantitative estimate of drug-likeness (QED) is 0.639. The number of piperidine rings is 1. The number of nitrogens with zero attached hydrogens (tertiary/aromatic N) is 1. The fourth-order valence-electron chi connectivity index (χ4n) is 2.85. The van der Waals surface area contributed by atoms with Crippen molar-refractivity contribution in [2.24, 2.45) is 5.41 Å². The lowest BCUT2D eigenvalue weighted by Crippen LogP contribution is -2.38. The maximum atomic E-state index is 12.2. The van der Waals surface area contributed by atoms with E-state index in [2.05, 4.69) is 27.3 Å². The number of aryl methyl sites for hydroxylation is 1. The lowest BCUT2D eigenvalue weighted by Gasteiger charge is -2.16. The molecule has 1 aliphatic carbocycles. The number of aliphatic carboxylic acids is 1. The summed E-state index contributed by atoms with van der Waals surface area (Å²) in [6.07, 6.45) is -8.11. The number of carboxylic acid groups (broad SMARTS) is 1. The van der Waals surface area contributed by atoms with Crippen LogP contribution >= 0.6 is 0 Å². The predicted molar refractivity (Wildman–Crippen MR) is 86.0 cm³/mol. The molecule has 0 spiro atoms. The van der Waals surface area contributed by atoms with Crippen molar-refractivity contribution in [3.63, 3.8) is 0 Å². The van der Waals surface area contributed by atoms with Gasteiger partial charge in [0.15, 0.2) is 0 Å². The molecule has 0 aromatic carbocycles. The number of aromatic nitrogens is 1. The van der Waals surface area contributed by atoms with Crippen LogP contribution in [0.1, 0.15) is 25.3 Å². The molecule has 29 heavy (non-hydrogen) atoms. The molecule has 2 aliphatic rings. The Balaban J connectivity index is 0.000000370. The minimum absolute atomic E-state index is 0.0827. The van der Waals surface area contributed by atoms with Crippen molar-refractivity contribution >= 4 is 17.7 Å². The number of hydrogen-bond acceptors (Lipinski definition) is 5. The SMILES string of the molecule is Cc1ccc(OC(F)(F)F)nc1NC(=O)[C@@H]1C[C@@]2(C)C[C@H]2N1.O=C(O)C(F)(F)F. The number of halogens is 6. The molecule has 13 heteroatoms. The first-order chi connectivity index (χ1) is 13.1. The summed E-state index contributed by atoms with van der Waals surface area (Å²) in [6.45, 7) is 3.76. The molecule has 1 aromatic heterocycles. The zero-order valence-corrected chi connectivity index (χ0v) is 15.1. The van der Waals surface area contributed by atoms with Crippen molar-refractivity contribution in [3.8, 4) is 5.88 Å².